The molecule has 0 aliphatic rings. The van der Waals surface area contributed by atoms with Crippen LogP contribution in [0.5, 0.6) is 0 Å². The molecule has 0 aromatic carbocycles. The van der Waals surface area contributed by atoms with Crippen molar-refractivity contribution in [1.29, 1.82) is 0 Å². The second-order valence-corrected chi connectivity index (χ2v) is 1.94. The Kier molecular flexibility index (Phi) is 3.90. The summed E-state index contributed by atoms with van der Waals surface area (Å²) in [5, 5.41) is 8.28. The van der Waals surface area contributed by atoms with Crippen LogP contribution in [-0.2, 0) is 11.3 Å². The van der Waals surface area contributed by atoms with E-state index in [9.17, 15) is 4.79 Å². The van der Waals surface area contributed by atoms with Crippen LogP contribution < -0.4 is 0 Å². The second-order valence-electron chi connectivity index (χ2n) is 1.94. The van der Waals surface area contributed by atoms with Gasteiger partial charge in [-0.25, -0.2) is 4.98 Å². The van der Waals surface area contributed by atoms with Crippen LogP contribution in [0.4, 0.5) is 0 Å². The van der Waals surface area contributed by atoms with Gasteiger partial charge in [0, 0.05) is 18.9 Å². The fourth-order valence-electron chi connectivity index (χ4n) is 0.644. The summed E-state index contributed by atoms with van der Waals surface area (Å²) in [7, 11) is 0. The molecule has 5 nitrogen and oxygen atoms in total. The second kappa shape index (κ2) is 4.45. The third-order valence-corrected chi connectivity index (χ3v) is 1.14. The predicted octanol–water partition coefficient (Wildman–Crippen LogP) is -0.467. The highest BCUT2D eigenvalue weighted by Crippen LogP contribution is 1.89. The van der Waals surface area contributed by atoms with Gasteiger partial charge in [-0.2, -0.15) is 0 Å². The average molecular weight is 158 g/mol. The molecule has 3 N–H and O–H groups in total. The molecule has 0 bridgehead atoms. The van der Waals surface area contributed by atoms with Crippen molar-refractivity contribution in [3.63, 3.8) is 0 Å². The lowest BCUT2D eigenvalue weighted by atomic mass is 10.4. The van der Waals surface area contributed by atoms with Crippen LogP contribution in [0.15, 0.2) is 18.7 Å². The van der Waals surface area contributed by atoms with Crippen molar-refractivity contribution in [2.24, 2.45) is 0 Å². The highest BCUT2D eigenvalue weighted by Gasteiger charge is 1.95. The molecule has 1 aromatic heterocycles. The largest absolute Gasteiger partial charge is 0.481 e. The zero-order chi connectivity index (χ0) is 7.40. The van der Waals surface area contributed by atoms with Crippen molar-refractivity contribution in [3.05, 3.63) is 18.7 Å². The SMILES string of the molecule is O.O=C(O)CCn1ccnc1. The van der Waals surface area contributed by atoms with Crippen LogP contribution in [0.1, 0.15) is 6.42 Å². The van der Waals surface area contributed by atoms with Gasteiger partial charge in [-0.05, 0) is 0 Å². The lowest BCUT2D eigenvalue weighted by Crippen LogP contribution is -2.02. The lowest BCUT2D eigenvalue weighted by Gasteiger charge is -1.95. The molecule has 0 spiro atoms. The van der Waals surface area contributed by atoms with Gasteiger partial charge in [0.05, 0.1) is 12.7 Å². The minimum absolute atomic E-state index is 0. The third-order valence-electron chi connectivity index (χ3n) is 1.14. The van der Waals surface area contributed by atoms with E-state index in [1.54, 1.807) is 23.3 Å². The zero-order valence-electron chi connectivity index (χ0n) is 5.90. The summed E-state index contributed by atoms with van der Waals surface area (Å²) >= 11 is 0. The standard InChI is InChI=1S/C6H8N2O2.H2O/c9-6(10)1-3-8-4-2-7-5-8;/h2,4-5H,1,3H2,(H,9,10);1H2. The minimum Gasteiger partial charge on any atom is -0.481 e. The van der Waals surface area contributed by atoms with Gasteiger partial charge in [0.2, 0.25) is 0 Å². The number of aliphatic carboxylic acids is 1. The Morgan fingerprint density at radius 1 is 1.64 bits per heavy atom. The fraction of sp³-hybridized carbons (Fsp3) is 0.333. The first-order valence-corrected chi connectivity index (χ1v) is 2.96. The normalized spacial score (nSPS) is 8.73. The molecule has 0 amide bonds. The molecular formula is C6H10N2O3. The van der Waals surface area contributed by atoms with Gasteiger partial charge in [-0.15, -0.1) is 0 Å². The van der Waals surface area contributed by atoms with Gasteiger partial charge in [0.25, 0.3) is 0 Å². The maximum Gasteiger partial charge on any atom is 0.305 e. The number of carbonyl (C=O) groups is 1. The maximum absolute atomic E-state index is 10.1. The monoisotopic (exact) mass is 158 g/mol. The van der Waals surface area contributed by atoms with Crippen molar-refractivity contribution in [1.82, 2.24) is 9.55 Å². The molecule has 0 aliphatic heterocycles. The van der Waals surface area contributed by atoms with E-state index in [4.69, 9.17) is 5.11 Å². The van der Waals surface area contributed by atoms with Crippen LogP contribution >= 0.6 is 0 Å². The van der Waals surface area contributed by atoms with Crippen molar-refractivity contribution >= 4 is 5.97 Å². The Hall–Kier alpha value is -1.36. The fourth-order valence-corrected chi connectivity index (χ4v) is 0.644. The van der Waals surface area contributed by atoms with E-state index in [-0.39, 0.29) is 11.9 Å². The number of nitrogens with zero attached hydrogens (tertiary/aromatic N) is 2. The first kappa shape index (κ1) is 9.64. The Labute approximate surface area is 63.6 Å². The summed E-state index contributed by atoms with van der Waals surface area (Å²) in [6.45, 7) is 0.495. The van der Waals surface area contributed by atoms with Crippen LogP contribution in [0, 0.1) is 0 Å². The van der Waals surface area contributed by atoms with Crippen molar-refractivity contribution < 1.29 is 15.4 Å². The van der Waals surface area contributed by atoms with E-state index in [0.717, 1.165) is 0 Å². The van der Waals surface area contributed by atoms with E-state index in [2.05, 4.69) is 4.98 Å². The summed E-state index contributed by atoms with van der Waals surface area (Å²) in [5.41, 5.74) is 0. The molecule has 0 saturated carbocycles. The molecule has 0 saturated heterocycles. The first-order chi connectivity index (χ1) is 4.79. The van der Waals surface area contributed by atoms with Crippen LogP contribution in [0.25, 0.3) is 0 Å². The maximum atomic E-state index is 10.1. The topological polar surface area (TPSA) is 86.6 Å². The molecule has 0 atom stereocenters. The summed E-state index contributed by atoms with van der Waals surface area (Å²) < 4.78 is 1.73. The summed E-state index contributed by atoms with van der Waals surface area (Å²) in [6, 6.07) is 0. The van der Waals surface area contributed by atoms with Crippen molar-refractivity contribution in [3.8, 4) is 0 Å². The third kappa shape index (κ3) is 3.36. The number of hydrogen-bond donors (Lipinski definition) is 1. The van der Waals surface area contributed by atoms with Gasteiger partial charge < -0.3 is 15.1 Å². The molecular weight excluding hydrogens is 148 g/mol. The molecule has 1 heterocycles. The quantitative estimate of drug-likeness (QED) is 0.645. The Bertz CT molecular complexity index is 208. The van der Waals surface area contributed by atoms with Gasteiger partial charge in [-0.1, -0.05) is 0 Å². The number of carboxylic acids is 1. The van der Waals surface area contributed by atoms with E-state index in [1.165, 1.54) is 0 Å². The lowest BCUT2D eigenvalue weighted by molar-refractivity contribution is -0.137. The molecule has 1 aromatic rings. The molecule has 11 heavy (non-hydrogen) atoms. The molecule has 5 heteroatoms. The Balaban J connectivity index is 0.000001000. The molecule has 0 unspecified atom stereocenters. The zero-order valence-corrected chi connectivity index (χ0v) is 5.90. The van der Waals surface area contributed by atoms with Crippen molar-refractivity contribution in [2.75, 3.05) is 0 Å². The number of aryl methyl sites for hydroxylation is 1. The summed E-state index contributed by atoms with van der Waals surface area (Å²) in [5.74, 6) is -0.784. The average Bonchev–Trinajstić information content (AvgIpc) is 2.34. The number of carboxylic acid groups (broad SMARTS) is 1. The number of rotatable bonds is 3. The van der Waals surface area contributed by atoms with Crippen LogP contribution in [0.2, 0.25) is 0 Å². The first-order valence-electron chi connectivity index (χ1n) is 2.96. The van der Waals surface area contributed by atoms with Gasteiger partial charge in [-0.3, -0.25) is 4.79 Å². The molecule has 1 rings (SSSR count). The number of aromatic nitrogens is 2. The van der Waals surface area contributed by atoms with E-state index < -0.39 is 5.97 Å². The highest BCUT2D eigenvalue weighted by atomic mass is 16.4. The van der Waals surface area contributed by atoms with Crippen molar-refractivity contribution in [2.45, 2.75) is 13.0 Å². The highest BCUT2D eigenvalue weighted by molar-refractivity contribution is 5.66. The molecule has 0 radical (unpaired) electrons. The summed E-state index contributed by atoms with van der Waals surface area (Å²) in [4.78, 5) is 13.8. The Morgan fingerprint density at radius 2 is 2.36 bits per heavy atom. The van der Waals surface area contributed by atoms with E-state index in [1.807, 2.05) is 0 Å². The predicted molar refractivity (Wildman–Crippen MR) is 38.1 cm³/mol. The van der Waals surface area contributed by atoms with Gasteiger partial charge in [0.1, 0.15) is 0 Å². The van der Waals surface area contributed by atoms with Gasteiger partial charge >= 0.3 is 5.97 Å². The van der Waals surface area contributed by atoms with Crippen LogP contribution in [0.3, 0.4) is 0 Å². The molecule has 0 aliphatic carbocycles. The van der Waals surface area contributed by atoms with E-state index in [0.29, 0.717) is 6.54 Å². The number of hydrogen-bond acceptors (Lipinski definition) is 2. The molecule has 0 fully saturated rings. The molecule has 62 valence electrons. The van der Waals surface area contributed by atoms with Crippen LogP contribution in [-0.4, -0.2) is 26.1 Å². The number of imidazole rings is 1. The smallest absolute Gasteiger partial charge is 0.305 e. The van der Waals surface area contributed by atoms with E-state index >= 15 is 0 Å². The van der Waals surface area contributed by atoms with Gasteiger partial charge in [0.15, 0.2) is 0 Å². The Morgan fingerprint density at radius 3 is 2.82 bits per heavy atom. The summed E-state index contributed by atoms with van der Waals surface area (Å²) in [6.07, 6.45) is 5.12. The minimum atomic E-state index is -0.784.